The summed E-state index contributed by atoms with van der Waals surface area (Å²) in [6.07, 6.45) is 9.62. The second-order valence-electron chi connectivity index (χ2n) is 12.2. The van der Waals surface area contributed by atoms with Crippen molar-refractivity contribution in [2.75, 3.05) is 7.05 Å². The first kappa shape index (κ1) is 22.2. The number of likely N-dealkylation sites (tertiary alicyclic amines) is 1. The van der Waals surface area contributed by atoms with Crippen molar-refractivity contribution < 1.29 is 9.53 Å². The summed E-state index contributed by atoms with van der Waals surface area (Å²) < 4.78 is 6.91. The Labute approximate surface area is 204 Å². The number of rotatable bonds is 3. The fraction of sp³-hybridized carbons (Fsp3) is 0.581. The van der Waals surface area contributed by atoms with Gasteiger partial charge in [-0.2, -0.15) is 0 Å². The highest BCUT2D eigenvalue weighted by Gasteiger charge is 2.62. The first-order valence-corrected chi connectivity index (χ1v) is 13.5. The molecule has 34 heavy (non-hydrogen) atoms. The summed E-state index contributed by atoms with van der Waals surface area (Å²) in [6, 6.07) is 19.5. The van der Waals surface area contributed by atoms with Gasteiger partial charge in [-0.3, -0.25) is 4.79 Å². The molecule has 0 N–H and O–H groups in total. The van der Waals surface area contributed by atoms with Gasteiger partial charge in [-0.05, 0) is 78.0 Å². The molecule has 2 aromatic rings. The number of hydrogen-bond acceptors (Lipinski definition) is 2. The minimum absolute atomic E-state index is 0.182. The summed E-state index contributed by atoms with van der Waals surface area (Å²) in [7, 11) is 2.04. The molecule has 1 heterocycles. The van der Waals surface area contributed by atoms with Crippen molar-refractivity contribution in [3.8, 4) is 16.9 Å². The van der Waals surface area contributed by atoms with Gasteiger partial charge in [0.15, 0.2) is 0 Å². The fourth-order valence-electron chi connectivity index (χ4n) is 8.70. The van der Waals surface area contributed by atoms with Crippen molar-refractivity contribution in [3.05, 3.63) is 54.6 Å². The molecule has 4 aliphatic rings. The van der Waals surface area contributed by atoms with E-state index in [0.29, 0.717) is 29.6 Å². The van der Waals surface area contributed by atoms with Crippen LogP contribution in [0.1, 0.15) is 65.2 Å². The third-order valence-corrected chi connectivity index (χ3v) is 10.6. The van der Waals surface area contributed by atoms with Crippen LogP contribution in [0.3, 0.4) is 0 Å². The number of carbonyl (C=O) groups excluding carboxylic acids is 1. The fourth-order valence-corrected chi connectivity index (χ4v) is 8.70. The van der Waals surface area contributed by atoms with Gasteiger partial charge in [-0.25, -0.2) is 0 Å². The zero-order valence-electron chi connectivity index (χ0n) is 21.0. The lowest BCUT2D eigenvalue weighted by Crippen LogP contribution is -2.65. The molecule has 0 bridgehead atoms. The Balaban J connectivity index is 1.32. The lowest BCUT2D eigenvalue weighted by atomic mass is 9.47. The minimum atomic E-state index is 0.182. The Kier molecular flexibility index (Phi) is 5.31. The maximum atomic E-state index is 12.7. The number of ether oxygens (including phenoxy) is 1. The molecule has 3 nitrogen and oxygen atoms in total. The number of benzene rings is 2. The van der Waals surface area contributed by atoms with Crippen LogP contribution in [0.2, 0.25) is 0 Å². The van der Waals surface area contributed by atoms with Gasteiger partial charge in [0.05, 0.1) is 0 Å². The second-order valence-corrected chi connectivity index (χ2v) is 12.2. The quantitative estimate of drug-likeness (QED) is 0.498. The molecule has 4 fully saturated rings. The van der Waals surface area contributed by atoms with E-state index in [1.54, 1.807) is 0 Å². The predicted molar refractivity (Wildman–Crippen MR) is 136 cm³/mol. The van der Waals surface area contributed by atoms with E-state index in [1.165, 1.54) is 43.2 Å². The number of fused-ring (bicyclic) bond motifs is 5. The van der Waals surface area contributed by atoms with Gasteiger partial charge in [0, 0.05) is 31.8 Å². The topological polar surface area (TPSA) is 29.5 Å². The minimum Gasteiger partial charge on any atom is -0.490 e. The van der Waals surface area contributed by atoms with Gasteiger partial charge in [-0.15, -0.1) is 0 Å². The van der Waals surface area contributed by atoms with Gasteiger partial charge in [0.1, 0.15) is 11.9 Å². The lowest BCUT2D eigenvalue weighted by molar-refractivity contribution is -0.173. The molecular weight excluding hydrogens is 418 g/mol. The summed E-state index contributed by atoms with van der Waals surface area (Å²) in [4.78, 5) is 14.8. The third-order valence-electron chi connectivity index (χ3n) is 10.6. The number of piperidine rings is 1. The van der Waals surface area contributed by atoms with Crippen molar-refractivity contribution in [3.63, 3.8) is 0 Å². The average Bonchev–Trinajstić information content (AvgIpc) is 3.25. The Hall–Kier alpha value is -2.29. The summed E-state index contributed by atoms with van der Waals surface area (Å²) in [5, 5.41) is 0. The highest BCUT2D eigenvalue weighted by atomic mass is 16.5. The molecular formula is C31H39NO2. The van der Waals surface area contributed by atoms with Crippen LogP contribution in [0, 0.1) is 28.6 Å². The number of carbonyl (C=O) groups is 1. The van der Waals surface area contributed by atoms with Crippen LogP contribution in [0.4, 0.5) is 0 Å². The van der Waals surface area contributed by atoms with E-state index in [0.717, 1.165) is 24.5 Å². The van der Waals surface area contributed by atoms with Crippen molar-refractivity contribution >= 4 is 5.91 Å². The molecule has 0 unspecified atom stereocenters. The molecule has 3 saturated carbocycles. The molecule has 0 radical (unpaired) electrons. The molecule has 180 valence electrons. The zero-order chi connectivity index (χ0) is 23.5. The van der Waals surface area contributed by atoms with Crippen LogP contribution < -0.4 is 4.74 Å². The zero-order valence-corrected chi connectivity index (χ0v) is 21.0. The summed E-state index contributed by atoms with van der Waals surface area (Å²) in [5.41, 5.74) is 3.15. The Morgan fingerprint density at radius 1 is 0.882 bits per heavy atom. The normalized spacial score (nSPS) is 39.2. The Morgan fingerprint density at radius 3 is 2.38 bits per heavy atom. The van der Waals surface area contributed by atoms with Crippen LogP contribution in [-0.2, 0) is 4.79 Å². The monoisotopic (exact) mass is 457 g/mol. The molecule has 3 heteroatoms. The highest BCUT2D eigenvalue weighted by molar-refractivity contribution is 5.77. The van der Waals surface area contributed by atoms with Crippen molar-refractivity contribution in [2.24, 2.45) is 28.6 Å². The van der Waals surface area contributed by atoms with Gasteiger partial charge >= 0.3 is 0 Å². The number of amides is 1. The predicted octanol–water partition coefficient (Wildman–Crippen LogP) is 6.96. The SMILES string of the molecule is CN1C(=O)CC[C@]2(C)[C@H]3CC[C@]4(C)CCC[C@H]4[C@@H]3[C@H](Oc3ccc(-c4ccccc4)cc3)C[C@@H]12. The molecule has 7 atom stereocenters. The van der Waals surface area contributed by atoms with Crippen LogP contribution in [-0.4, -0.2) is 30.0 Å². The van der Waals surface area contributed by atoms with E-state index in [9.17, 15) is 4.79 Å². The largest absolute Gasteiger partial charge is 0.490 e. The van der Waals surface area contributed by atoms with Crippen LogP contribution >= 0.6 is 0 Å². The van der Waals surface area contributed by atoms with E-state index in [1.807, 2.05) is 7.05 Å². The lowest BCUT2D eigenvalue weighted by Gasteiger charge is -2.63. The van der Waals surface area contributed by atoms with Crippen LogP contribution in [0.15, 0.2) is 54.6 Å². The van der Waals surface area contributed by atoms with E-state index in [2.05, 4.69) is 73.3 Å². The Bertz CT molecular complexity index is 1050. The molecule has 0 aromatic heterocycles. The van der Waals surface area contributed by atoms with Crippen LogP contribution in [0.25, 0.3) is 11.1 Å². The van der Waals surface area contributed by atoms with E-state index in [-0.39, 0.29) is 17.6 Å². The molecule has 0 spiro atoms. The molecule has 2 aromatic carbocycles. The Morgan fingerprint density at radius 2 is 1.62 bits per heavy atom. The van der Waals surface area contributed by atoms with E-state index >= 15 is 0 Å². The van der Waals surface area contributed by atoms with Crippen molar-refractivity contribution in [1.82, 2.24) is 4.90 Å². The van der Waals surface area contributed by atoms with E-state index < -0.39 is 0 Å². The summed E-state index contributed by atoms with van der Waals surface area (Å²) in [5.74, 6) is 3.28. The molecule has 1 aliphatic heterocycles. The highest BCUT2D eigenvalue weighted by Crippen LogP contribution is 2.65. The smallest absolute Gasteiger partial charge is 0.222 e. The van der Waals surface area contributed by atoms with Crippen molar-refractivity contribution in [2.45, 2.75) is 77.4 Å². The van der Waals surface area contributed by atoms with E-state index in [4.69, 9.17) is 4.74 Å². The average molecular weight is 458 g/mol. The number of hydrogen-bond donors (Lipinski definition) is 0. The molecule has 1 saturated heterocycles. The van der Waals surface area contributed by atoms with Crippen molar-refractivity contribution in [1.29, 1.82) is 0 Å². The third kappa shape index (κ3) is 3.41. The molecule has 1 amide bonds. The maximum Gasteiger partial charge on any atom is 0.222 e. The van der Waals surface area contributed by atoms with Gasteiger partial charge < -0.3 is 9.64 Å². The summed E-state index contributed by atoms with van der Waals surface area (Å²) >= 11 is 0. The first-order chi connectivity index (χ1) is 16.4. The maximum absolute atomic E-state index is 12.7. The van der Waals surface area contributed by atoms with Gasteiger partial charge in [0.2, 0.25) is 5.91 Å². The standard InChI is InChI=1S/C31H39NO2/c1-30-17-7-10-24(30)29-25(15-18-30)31(2)19-16-28(33)32(3)27(31)20-26(29)34-23-13-11-22(12-14-23)21-8-5-4-6-9-21/h4-6,8-9,11-14,24-27,29H,7,10,15-20H2,1-3H3/t24-,25-,26+,27+,29-,30-,31+/m0/s1. The number of nitrogens with zero attached hydrogens (tertiary/aromatic N) is 1. The van der Waals surface area contributed by atoms with Gasteiger partial charge in [-0.1, -0.05) is 62.7 Å². The first-order valence-electron chi connectivity index (χ1n) is 13.5. The van der Waals surface area contributed by atoms with Crippen LogP contribution in [0.5, 0.6) is 5.75 Å². The second kappa shape index (κ2) is 8.14. The summed E-state index contributed by atoms with van der Waals surface area (Å²) in [6.45, 7) is 5.05. The molecule has 6 rings (SSSR count). The molecule has 3 aliphatic carbocycles. The van der Waals surface area contributed by atoms with Gasteiger partial charge in [0.25, 0.3) is 0 Å².